The van der Waals surface area contributed by atoms with Gasteiger partial charge in [-0.1, -0.05) is 48.5 Å². The summed E-state index contributed by atoms with van der Waals surface area (Å²) in [5.74, 6) is -0.650. The minimum Gasteiger partial charge on any atom is -0.325 e. The summed E-state index contributed by atoms with van der Waals surface area (Å²) in [6.07, 6.45) is 0. The lowest BCUT2D eigenvalue weighted by atomic mass is 9.90. The Balaban J connectivity index is 1.73. The first-order valence-electron chi connectivity index (χ1n) is 10.0. The second-order valence-electron chi connectivity index (χ2n) is 7.62. The number of nitrogens with one attached hydrogen (secondary N) is 2. The summed E-state index contributed by atoms with van der Waals surface area (Å²) in [5.41, 5.74) is 4.26. The van der Waals surface area contributed by atoms with Crippen molar-refractivity contribution >= 4 is 38.7 Å². The number of sulfonamides is 1. The van der Waals surface area contributed by atoms with E-state index in [0.29, 0.717) is 17.1 Å². The average Bonchev–Trinajstić information content (AvgIpc) is 3.09. The first-order chi connectivity index (χ1) is 14.8. The van der Waals surface area contributed by atoms with Gasteiger partial charge in [-0.05, 0) is 55.3 Å². The van der Waals surface area contributed by atoms with Gasteiger partial charge in [0.05, 0.1) is 16.6 Å². The van der Waals surface area contributed by atoms with E-state index in [-0.39, 0.29) is 5.91 Å². The molecule has 3 aromatic rings. The van der Waals surface area contributed by atoms with E-state index in [0.717, 1.165) is 16.8 Å². The molecule has 158 valence electrons. The maximum Gasteiger partial charge on any atom is 0.238 e. The van der Waals surface area contributed by atoms with Crippen molar-refractivity contribution in [2.45, 2.75) is 25.0 Å². The second-order valence-corrected chi connectivity index (χ2v) is 9.85. The van der Waals surface area contributed by atoms with Crippen molar-refractivity contribution in [2.75, 3.05) is 10.0 Å². The molecule has 1 aliphatic heterocycles. The van der Waals surface area contributed by atoms with Crippen LogP contribution in [0.3, 0.4) is 0 Å². The van der Waals surface area contributed by atoms with Gasteiger partial charge >= 0.3 is 0 Å². The van der Waals surface area contributed by atoms with Gasteiger partial charge in [0.1, 0.15) is 5.92 Å². The Morgan fingerprint density at radius 2 is 1.58 bits per heavy atom. The normalized spacial score (nSPS) is 16.2. The molecule has 7 heteroatoms. The van der Waals surface area contributed by atoms with Crippen molar-refractivity contribution in [1.29, 1.82) is 0 Å². The first kappa shape index (κ1) is 20.8. The zero-order valence-corrected chi connectivity index (χ0v) is 18.1. The first-order valence-corrected chi connectivity index (χ1v) is 11.6. The van der Waals surface area contributed by atoms with Crippen molar-refractivity contribution in [3.05, 3.63) is 90.0 Å². The van der Waals surface area contributed by atoms with Crippen molar-refractivity contribution in [3.63, 3.8) is 0 Å². The summed E-state index contributed by atoms with van der Waals surface area (Å²) in [6.45, 7) is 3.25. The lowest BCUT2D eigenvalue weighted by molar-refractivity contribution is -0.115. The van der Waals surface area contributed by atoms with Crippen LogP contribution in [0, 0.1) is 0 Å². The van der Waals surface area contributed by atoms with E-state index in [4.69, 9.17) is 4.99 Å². The smallest absolute Gasteiger partial charge is 0.238 e. The Hall–Kier alpha value is -3.45. The highest BCUT2D eigenvalue weighted by atomic mass is 32.2. The van der Waals surface area contributed by atoms with Crippen molar-refractivity contribution in [2.24, 2.45) is 4.99 Å². The van der Waals surface area contributed by atoms with Gasteiger partial charge in [0.15, 0.2) is 0 Å². The summed E-state index contributed by atoms with van der Waals surface area (Å²) in [5, 5.41) is 2.40. The lowest BCUT2D eigenvalue weighted by Gasteiger charge is -2.14. The van der Waals surface area contributed by atoms with Gasteiger partial charge in [0.25, 0.3) is 0 Å². The molecule has 0 saturated carbocycles. The van der Waals surface area contributed by atoms with Gasteiger partial charge in [0.2, 0.25) is 15.9 Å². The van der Waals surface area contributed by atoms with E-state index in [1.807, 2.05) is 54.6 Å². The lowest BCUT2D eigenvalue weighted by Crippen LogP contribution is -2.22. The predicted molar refractivity (Wildman–Crippen MR) is 125 cm³/mol. The predicted octanol–water partition coefficient (Wildman–Crippen LogP) is 4.69. The van der Waals surface area contributed by atoms with Crippen LogP contribution in [0.25, 0.3) is 0 Å². The number of hydrogen-bond acceptors (Lipinski definition) is 4. The molecular weight excluding hydrogens is 410 g/mol. The molecule has 3 aromatic carbocycles. The van der Waals surface area contributed by atoms with Gasteiger partial charge in [-0.3, -0.25) is 14.5 Å². The fourth-order valence-corrected chi connectivity index (χ4v) is 4.11. The minimum absolute atomic E-state index is 0.120. The summed E-state index contributed by atoms with van der Waals surface area (Å²) < 4.78 is 26.7. The maximum absolute atomic E-state index is 12.8. The monoisotopic (exact) mass is 433 g/mol. The Morgan fingerprint density at radius 1 is 0.935 bits per heavy atom. The van der Waals surface area contributed by atoms with Crippen molar-refractivity contribution in [3.8, 4) is 0 Å². The number of aliphatic imine (C=N–C) groups is 1. The number of hydrogen-bond donors (Lipinski definition) is 2. The summed E-state index contributed by atoms with van der Waals surface area (Å²) in [6, 6.07) is 24.0. The number of anilines is 2. The van der Waals surface area contributed by atoms with Crippen molar-refractivity contribution in [1.82, 2.24) is 0 Å². The molecule has 31 heavy (non-hydrogen) atoms. The maximum atomic E-state index is 12.8. The van der Waals surface area contributed by atoms with Gasteiger partial charge in [-0.15, -0.1) is 0 Å². The zero-order valence-electron chi connectivity index (χ0n) is 17.2. The molecule has 0 radical (unpaired) electrons. The third kappa shape index (κ3) is 4.36. The molecular formula is C24H23N3O3S. The molecule has 0 aromatic heterocycles. The highest BCUT2D eigenvalue weighted by molar-refractivity contribution is 7.93. The number of fused-ring (bicyclic) bond motifs is 1. The molecule has 4 rings (SSSR count). The van der Waals surface area contributed by atoms with Crippen LogP contribution in [-0.4, -0.2) is 25.3 Å². The molecule has 1 atom stereocenters. The Kier molecular flexibility index (Phi) is 5.61. The molecule has 0 spiro atoms. The Morgan fingerprint density at radius 3 is 2.26 bits per heavy atom. The third-order valence-corrected chi connectivity index (χ3v) is 6.89. The second kappa shape index (κ2) is 8.35. The SMILES string of the molecule is CC(C)S(=O)(=O)Nc1ccc(N=C(c2ccccc2)C2C(=O)Nc3ccccc32)cc1. The molecule has 2 N–H and O–H groups in total. The molecule has 0 saturated heterocycles. The quantitative estimate of drug-likeness (QED) is 0.553. The number of nitrogens with zero attached hydrogens (tertiary/aromatic N) is 1. The number of carbonyl (C=O) groups is 1. The number of benzene rings is 3. The average molecular weight is 434 g/mol. The summed E-state index contributed by atoms with van der Waals surface area (Å²) >= 11 is 0. The number of para-hydroxylation sites is 1. The van der Waals surface area contributed by atoms with E-state index in [2.05, 4.69) is 10.0 Å². The zero-order chi connectivity index (χ0) is 22.0. The van der Waals surface area contributed by atoms with E-state index in [9.17, 15) is 13.2 Å². The third-order valence-electron chi connectivity index (χ3n) is 5.13. The fraction of sp³-hybridized carbons (Fsp3) is 0.167. The van der Waals surface area contributed by atoms with E-state index in [1.54, 1.807) is 38.1 Å². The van der Waals surface area contributed by atoms with Gasteiger partial charge in [0, 0.05) is 11.4 Å². The van der Waals surface area contributed by atoms with Gasteiger partial charge in [-0.25, -0.2) is 8.42 Å². The van der Waals surface area contributed by atoms with Crippen LogP contribution in [0.2, 0.25) is 0 Å². The molecule has 0 bridgehead atoms. The molecule has 1 heterocycles. The van der Waals surface area contributed by atoms with E-state index >= 15 is 0 Å². The summed E-state index contributed by atoms with van der Waals surface area (Å²) in [7, 11) is -3.42. The summed E-state index contributed by atoms with van der Waals surface area (Å²) in [4.78, 5) is 17.7. The number of carbonyl (C=O) groups excluding carboxylic acids is 1. The Bertz CT molecular complexity index is 1230. The van der Waals surface area contributed by atoms with E-state index < -0.39 is 21.2 Å². The van der Waals surface area contributed by atoms with Crippen LogP contribution in [0.1, 0.15) is 30.9 Å². The largest absolute Gasteiger partial charge is 0.325 e. The van der Waals surface area contributed by atoms with Gasteiger partial charge < -0.3 is 5.32 Å². The van der Waals surface area contributed by atoms with Crippen LogP contribution in [0.5, 0.6) is 0 Å². The molecule has 1 amide bonds. The standard InChI is InChI=1S/C24H23N3O3S/c1-16(2)31(29,30)27-19-14-12-18(13-15-19)25-23(17-8-4-3-5-9-17)22-20-10-6-7-11-21(20)26-24(22)28/h3-16,22,27H,1-2H3,(H,26,28). The van der Waals surface area contributed by atoms with Gasteiger partial charge in [-0.2, -0.15) is 0 Å². The van der Waals surface area contributed by atoms with Crippen LogP contribution in [0.4, 0.5) is 17.1 Å². The fourth-order valence-electron chi connectivity index (χ4n) is 3.41. The molecule has 0 aliphatic carbocycles. The molecule has 0 fully saturated rings. The molecule has 6 nitrogen and oxygen atoms in total. The number of amides is 1. The topological polar surface area (TPSA) is 87.6 Å². The highest BCUT2D eigenvalue weighted by Gasteiger charge is 2.35. The molecule has 1 unspecified atom stereocenters. The van der Waals surface area contributed by atoms with Crippen LogP contribution >= 0.6 is 0 Å². The van der Waals surface area contributed by atoms with Crippen LogP contribution in [0.15, 0.2) is 83.9 Å². The van der Waals surface area contributed by atoms with Crippen LogP contribution in [-0.2, 0) is 14.8 Å². The molecule has 1 aliphatic rings. The minimum atomic E-state index is -3.42. The Labute approximate surface area is 182 Å². The highest BCUT2D eigenvalue weighted by Crippen LogP contribution is 2.36. The number of rotatable bonds is 6. The van der Waals surface area contributed by atoms with Crippen LogP contribution < -0.4 is 10.0 Å². The van der Waals surface area contributed by atoms with E-state index in [1.165, 1.54) is 0 Å². The van der Waals surface area contributed by atoms with Crippen molar-refractivity contribution < 1.29 is 13.2 Å².